The Morgan fingerprint density at radius 1 is 1.41 bits per heavy atom. The molecule has 1 unspecified atom stereocenters. The van der Waals surface area contributed by atoms with Gasteiger partial charge in [0.2, 0.25) is 0 Å². The molecule has 1 aromatic heterocycles. The third-order valence-electron chi connectivity index (χ3n) is 2.59. The highest BCUT2D eigenvalue weighted by atomic mass is 16.5. The summed E-state index contributed by atoms with van der Waals surface area (Å²) in [7, 11) is 0. The minimum atomic E-state index is -0.00173. The predicted octanol–water partition coefficient (Wildman–Crippen LogP) is 2.14. The first-order valence-corrected chi connectivity index (χ1v) is 6.43. The third kappa shape index (κ3) is 4.48. The van der Waals surface area contributed by atoms with Crippen LogP contribution in [0.3, 0.4) is 0 Å². The van der Waals surface area contributed by atoms with Crippen LogP contribution in [0.1, 0.15) is 45.3 Å². The van der Waals surface area contributed by atoms with Crippen molar-refractivity contribution in [3.63, 3.8) is 0 Å². The van der Waals surface area contributed by atoms with Crippen LogP contribution in [-0.4, -0.2) is 22.8 Å². The Kier molecular flexibility index (Phi) is 5.65. The van der Waals surface area contributed by atoms with Crippen LogP contribution < -0.4 is 5.73 Å². The van der Waals surface area contributed by atoms with E-state index in [1.807, 2.05) is 13.1 Å². The Morgan fingerprint density at radius 2 is 2.12 bits per heavy atom. The summed E-state index contributed by atoms with van der Waals surface area (Å²) in [5.74, 6) is 1.67. The highest BCUT2D eigenvalue weighted by Crippen LogP contribution is 2.10. The summed E-state index contributed by atoms with van der Waals surface area (Å²) in [6.07, 6.45) is 2.97. The quantitative estimate of drug-likeness (QED) is 0.742. The van der Waals surface area contributed by atoms with E-state index in [4.69, 9.17) is 10.5 Å². The summed E-state index contributed by atoms with van der Waals surface area (Å²) >= 11 is 0. The molecule has 1 aromatic rings. The summed E-state index contributed by atoms with van der Waals surface area (Å²) in [5, 5.41) is 0. The number of nitrogens with zero attached hydrogens (tertiary/aromatic N) is 2. The maximum atomic E-state index is 5.84. The fourth-order valence-corrected chi connectivity index (χ4v) is 1.65. The van der Waals surface area contributed by atoms with Crippen molar-refractivity contribution in [1.82, 2.24) is 9.55 Å². The molecular weight excluding hydrogens is 214 g/mol. The Labute approximate surface area is 104 Å². The lowest BCUT2D eigenvalue weighted by atomic mass is 10.2. The molecule has 17 heavy (non-hydrogen) atoms. The van der Waals surface area contributed by atoms with Gasteiger partial charge >= 0.3 is 0 Å². The van der Waals surface area contributed by atoms with Crippen molar-refractivity contribution in [3.8, 4) is 0 Å². The molecule has 0 spiro atoms. The van der Waals surface area contributed by atoms with Gasteiger partial charge in [-0.1, -0.05) is 20.8 Å². The Morgan fingerprint density at radius 3 is 2.65 bits per heavy atom. The number of hydrogen-bond donors (Lipinski definition) is 1. The molecule has 4 heteroatoms. The molecule has 1 atom stereocenters. The van der Waals surface area contributed by atoms with E-state index < -0.39 is 0 Å². The average Bonchev–Trinajstić information content (AvgIpc) is 2.67. The normalized spacial score (nSPS) is 13.3. The second kappa shape index (κ2) is 6.77. The molecule has 2 N–H and O–H groups in total. The van der Waals surface area contributed by atoms with E-state index in [1.165, 1.54) is 0 Å². The van der Waals surface area contributed by atoms with Crippen molar-refractivity contribution in [2.45, 2.75) is 46.7 Å². The Hall–Kier alpha value is -0.870. The molecule has 0 radical (unpaired) electrons. The number of aryl methyl sites for hydroxylation is 1. The smallest absolute Gasteiger partial charge is 0.108 e. The first-order chi connectivity index (χ1) is 8.04. The molecule has 0 aliphatic rings. The van der Waals surface area contributed by atoms with E-state index in [1.54, 1.807) is 0 Å². The third-order valence-corrected chi connectivity index (χ3v) is 2.59. The number of rotatable bonds is 7. The standard InChI is InChI=1S/C13H25N3O/c1-5-13-15-12(11(4)14)8-16(13)6-7-17-9-10(2)3/h8,10-11H,5-7,9,14H2,1-4H3. The van der Waals surface area contributed by atoms with Crippen molar-refractivity contribution < 1.29 is 4.74 Å². The number of aromatic nitrogens is 2. The Balaban J connectivity index is 2.51. The van der Waals surface area contributed by atoms with E-state index in [0.717, 1.165) is 37.7 Å². The molecule has 0 fully saturated rings. The predicted molar refractivity (Wildman–Crippen MR) is 69.9 cm³/mol. The van der Waals surface area contributed by atoms with Crippen molar-refractivity contribution in [1.29, 1.82) is 0 Å². The number of imidazole rings is 1. The minimum absolute atomic E-state index is 0.00173. The minimum Gasteiger partial charge on any atom is -0.379 e. The van der Waals surface area contributed by atoms with Gasteiger partial charge in [0.05, 0.1) is 12.3 Å². The van der Waals surface area contributed by atoms with Gasteiger partial charge in [-0.25, -0.2) is 4.98 Å². The lowest BCUT2D eigenvalue weighted by Crippen LogP contribution is -2.10. The van der Waals surface area contributed by atoms with E-state index in [2.05, 4.69) is 30.3 Å². The molecule has 0 aliphatic heterocycles. The zero-order valence-electron chi connectivity index (χ0n) is 11.4. The topological polar surface area (TPSA) is 53.1 Å². The highest BCUT2D eigenvalue weighted by Gasteiger charge is 2.09. The zero-order valence-corrected chi connectivity index (χ0v) is 11.4. The number of ether oxygens (including phenoxy) is 1. The van der Waals surface area contributed by atoms with Crippen LogP contribution in [-0.2, 0) is 17.7 Å². The lowest BCUT2D eigenvalue weighted by Gasteiger charge is -2.08. The molecule has 1 rings (SSSR count). The van der Waals surface area contributed by atoms with E-state index >= 15 is 0 Å². The van der Waals surface area contributed by atoms with E-state index in [9.17, 15) is 0 Å². The summed E-state index contributed by atoms with van der Waals surface area (Å²) in [5.41, 5.74) is 6.80. The maximum absolute atomic E-state index is 5.84. The van der Waals surface area contributed by atoms with Gasteiger partial charge in [0.1, 0.15) is 5.82 Å². The molecular formula is C13H25N3O. The van der Waals surface area contributed by atoms with Crippen molar-refractivity contribution >= 4 is 0 Å². The van der Waals surface area contributed by atoms with Gasteiger partial charge in [-0.15, -0.1) is 0 Å². The van der Waals surface area contributed by atoms with Crippen LogP contribution in [0.15, 0.2) is 6.20 Å². The van der Waals surface area contributed by atoms with Gasteiger partial charge in [0.25, 0.3) is 0 Å². The fraction of sp³-hybridized carbons (Fsp3) is 0.769. The molecule has 1 heterocycles. The molecule has 0 saturated heterocycles. The molecule has 0 aromatic carbocycles. The molecule has 98 valence electrons. The van der Waals surface area contributed by atoms with Gasteiger partial charge in [-0.05, 0) is 12.8 Å². The summed E-state index contributed by atoms with van der Waals surface area (Å²) in [6.45, 7) is 10.8. The van der Waals surface area contributed by atoms with Gasteiger partial charge in [-0.3, -0.25) is 0 Å². The second-order valence-corrected chi connectivity index (χ2v) is 4.89. The van der Waals surface area contributed by atoms with Gasteiger partial charge < -0.3 is 15.0 Å². The lowest BCUT2D eigenvalue weighted by molar-refractivity contribution is 0.102. The molecule has 0 aliphatic carbocycles. The molecule has 4 nitrogen and oxygen atoms in total. The Bertz CT molecular complexity index is 331. The summed E-state index contributed by atoms with van der Waals surface area (Å²) in [4.78, 5) is 4.52. The molecule has 0 bridgehead atoms. The molecule has 0 amide bonds. The number of nitrogens with two attached hydrogens (primary N) is 1. The summed E-state index contributed by atoms with van der Waals surface area (Å²) < 4.78 is 7.74. The van der Waals surface area contributed by atoms with Crippen LogP contribution in [0.4, 0.5) is 0 Å². The van der Waals surface area contributed by atoms with Crippen LogP contribution in [0.25, 0.3) is 0 Å². The fourth-order valence-electron chi connectivity index (χ4n) is 1.65. The first kappa shape index (κ1) is 14.2. The SMILES string of the molecule is CCc1nc(C(C)N)cn1CCOCC(C)C. The van der Waals surface area contributed by atoms with Gasteiger partial charge in [0.15, 0.2) is 0 Å². The van der Waals surface area contributed by atoms with E-state index in [0.29, 0.717) is 5.92 Å². The summed E-state index contributed by atoms with van der Waals surface area (Å²) in [6, 6.07) is -0.00173. The van der Waals surface area contributed by atoms with Crippen LogP contribution in [0.5, 0.6) is 0 Å². The first-order valence-electron chi connectivity index (χ1n) is 6.43. The zero-order chi connectivity index (χ0) is 12.8. The van der Waals surface area contributed by atoms with Gasteiger partial charge in [-0.2, -0.15) is 0 Å². The second-order valence-electron chi connectivity index (χ2n) is 4.89. The van der Waals surface area contributed by atoms with Crippen LogP contribution in [0, 0.1) is 5.92 Å². The average molecular weight is 239 g/mol. The van der Waals surface area contributed by atoms with Crippen LogP contribution >= 0.6 is 0 Å². The van der Waals surface area contributed by atoms with Gasteiger partial charge in [0, 0.05) is 31.8 Å². The molecule has 0 saturated carbocycles. The maximum Gasteiger partial charge on any atom is 0.108 e. The monoisotopic (exact) mass is 239 g/mol. The number of hydrogen-bond acceptors (Lipinski definition) is 3. The van der Waals surface area contributed by atoms with Crippen molar-refractivity contribution in [3.05, 3.63) is 17.7 Å². The highest BCUT2D eigenvalue weighted by molar-refractivity contribution is 5.07. The largest absolute Gasteiger partial charge is 0.379 e. The van der Waals surface area contributed by atoms with Crippen molar-refractivity contribution in [2.75, 3.05) is 13.2 Å². The van der Waals surface area contributed by atoms with Crippen LogP contribution in [0.2, 0.25) is 0 Å². The van der Waals surface area contributed by atoms with E-state index in [-0.39, 0.29) is 6.04 Å². The van der Waals surface area contributed by atoms with Crippen molar-refractivity contribution in [2.24, 2.45) is 11.7 Å².